The molecule has 254 valence electrons. The number of amides is 1. The second-order valence-corrected chi connectivity index (χ2v) is 11.3. The highest BCUT2D eigenvalue weighted by Gasteiger charge is 2.43. The quantitative estimate of drug-likeness (QED) is 0.249. The number of hydrogen-bond donors (Lipinski definition) is 1. The Balaban J connectivity index is -0.000000565. The third kappa shape index (κ3) is 16.2. The molecule has 3 aliphatic rings. The Kier molecular flexibility index (Phi) is 31.1. The lowest BCUT2D eigenvalue weighted by atomic mass is 9.85. The van der Waals surface area contributed by atoms with Crippen LogP contribution in [0.15, 0.2) is 35.6 Å². The lowest BCUT2D eigenvalue weighted by Gasteiger charge is -2.47. The standard InChI is InChI=1S/C26H42ClN3O.4C2H6.C2H2.CH3F/c1-7-20(4)30-18-26(28-13-10-25(30,5)6)11-14-29(15-12-26)24(31)22-9-8-21(16-19(2)3)23(27)17-22;6*1-2/h7-9,17,19,21,23,28H,10-16,18H2,1-6H3;4*1-2H3;1-2H;1H3/b20-7-;;;;;;. The molecule has 1 amide bonds. The summed E-state index contributed by atoms with van der Waals surface area (Å²) >= 11 is 6.61. The van der Waals surface area contributed by atoms with E-state index in [1.54, 1.807) is 0 Å². The summed E-state index contributed by atoms with van der Waals surface area (Å²) in [6, 6.07) is 0. The van der Waals surface area contributed by atoms with Gasteiger partial charge in [0.25, 0.3) is 5.91 Å². The molecule has 1 aliphatic carbocycles. The van der Waals surface area contributed by atoms with Gasteiger partial charge in [-0.2, -0.15) is 0 Å². The molecule has 1 spiro atoms. The van der Waals surface area contributed by atoms with E-state index in [0.29, 0.717) is 19.0 Å². The Hall–Kier alpha value is -1.77. The van der Waals surface area contributed by atoms with Crippen molar-refractivity contribution in [1.82, 2.24) is 15.1 Å². The number of halogens is 2. The summed E-state index contributed by atoms with van der Waals surface area (Å²) in [5.74, 6) is 1.06. The molecule has 2 saturated heterocycles. The molecule has 0 bridgehead atoms. The average molecular weight is 628 g/mol. The topological polar surface area (TPSA) is 35.6 Å². The Bertz CT molecular complexity index is 793. The van der Waals surface area contributed by atoms with E-state index in [1.165, 1.54) is 5.70 Å². The van der Waals surface area contributed by atoms with Crippen LogP contribution in [0.25, 0.3) is 0 Å². The first-order valence-corrected chi connectivity index (χ1v) is 17.2. The fourth-order valence-corrected chi connectivity index (χ4v) is 5.66. The van der Waals surface area contributed by atoms with E-state index < -0.39 is 0 Å². The molecule has 0 saturated carbocycles. The van der Waals surface area contributed by atoms with Crippen molar-refractivity contribution in [2.75, 3.05) is 33.4 Å². The van der Waals surface area contributed by atoms with Gasteiger partial charge in [0.15, 0.2) is 0 Å². The molecule has 0 aromatic rings. The summed E-state index contributed by atoms with van der Waals surface area (Å²) in [7, 11) is 0.500. The van der Waals surface area contributed by atoms with Crippen molar-refractivity contribution >= 4 is 17.5 Å². The molecular formula is C37H71ClFN3O. The summed E-state index contributed by atoms with van der Waals surface area (Å²) in [4.78, 5) is 17.8. The molecular weight excluding hydrogens is 557 g/mol. The minimum absolute atomic E-state index is 0.0724. The number of alkyl halides is 2. The minimum atomic E-state index is -0.0920. The Morgan fingerprint density at radius 2 is 1.53 bits per heavy atom. The van der Waals surface area contributed by atoms with Crippen LogP contribution in [-0.2, 0) is 4.79 Å². The van der Waals surface area contributed by atoms with Gasteiger partial charge in [0.1, 0.15) is 0 Å². The Labute approximate surface area is 274 Å². The average Bonchev–Trinajstić information content (AvgIpc) is 3.18. The van der Waals surface area contributed by atoms with Crippen molar-refractivity contribution in [2.45, 2.75) is 139 Å². The van der Waals surface area contributed by atoms with Crippen molar-refractivity contribution in [3.8, 4) is 12.8 Å². The predicted octanol–water partition coefficient (Wildman–Crippen LogP) is 10.1. The van der Waals surface area contributed by atoms with Crippen LogP contribution in [0, 0.1) is 24.7 Å². The minimum Gasteiger partial charge on any atom is -0.368 e. The second-order valence-electron chi connectivity index (χ2n) is 10.8. The third-order valence-corrected chi connectivity index (χ3v) is 7.99. The van der Waals surface area contributed by atoms with Crippen LogP contribution in [0.1, 0.15) is 123 Å². The molecule has 0 aromatic carbocycles. The van der Waals surface area contributed by atoms with Gasteiger partial charge in [-0.25, -0.2) is 0 Å². The maximum absolute atomic E-state index is 13.2. The SMILES string of the molecule is C#C.C/C=C(/C)N1CC2(CCN(C(=O)C3=CC(Cl)C(CC(C)C)C=C3)CC2)NCCC1(C)C.CC.CC.CC.CC.CF. The lowest BCUT2D eigenvalue weighted by molar-refractivity contribution is -0.128. The molecule has 0 radical (unpaired) electrons. The number of terminal acetylenes is 1. The molecule has 0 aromatic heterocycles. The number of allylic oxidation sites excluding steroid dienone is 4. The molecule has 2 fully saturated rings. The lowest BCUT2D eigenvalue weighted by Crippen LogP contribution is -2.59. The smallest absolute Gasteiger partial charge is 0.253 e. The largest absolute Gasteiger partial charge is 0.368 e. The first kappa shape index (κ1) is 48.1. The Morgan fingerprint density at radius 3 is 1.95 bits per heavy atom. The zero-order valence-electron chi connectivity index (χ0n) is 30.9. The van der Waals surface area contributed by atoms with E-state index in [9.17, 15) is 9.18 Å². The fourth-order valence-electron chi connectivity index (χ4n) is 5.33. The highest BCUT2D eigenvalue weighted by atomic mass is 35.5. The van der Waals surface area contributed by atoms with Gasteiger partial charge in [-0.3, -0.25) is 9.18 Å². The van der Waals surface area contributed by atoms with E-state index in [4.69, 9.17) is 11.6 Å². The van der Waals surface area contributed by atoms with Crippen LogP contribution in [0.3, 0.4) is 0 Å². The molecule has 3 rings (SSSR count). The summed E-state index contributed by atoms with van der Waals surface area (Å²) in [6.45, 7) is 33.1. The van der Waals surface area contributed by atoms with Gasteiger partial charge < -0.3 is 15.1 Å². The first-order chi connectivity index (χ1) is 20.6. The second kappa shape index (κ2) is 27.8. The third-order valence-electron chi connectivity index (χ3n) is 7.54. The van der Waals surface area contributed by atoms with E-state index >= 15 is 0 Å². The summed E-state index contributed by atoms with van der Waals surface area (Å²) in [5.41, 5.74) is 2.31. The van der Waals surface area contributed by atoms with Gasteiger partial charge >= 0.3 is 0 Å². The molecule has 2 atom stereocenters. The molecule has 1 N–H and O–H groups in total. The van der Waals surface area contributed by atoms with Gasteiger partial charge in [0, 0.05) is 42.0 Å². The number of rotatable bonds is 4. The first-order valence-electron chi connectivity index (χ1n) is 16.8. The molecule has 43 heavy (non-hydrogen) atoms. The van der Waals surface area contributed by atoms with Gasteiger partial charge in [-0.1, -0.05) is 93.5 Å². The maximum Gasteiger partial charge on any atom is 0.253 e. The van der Waals surface area contributed by atoms with Crippen LogP contribution in [0.4, 0.5) is 4.39 Å². The number of carbonyl (C=O) groups excluding carboxylic acids is 1. The molecule has 2 unspecified atom stereocenters. The molecule has 4 nitrogen and oxygen atoms in total. The number of carbonyl (C=O) groups is 1. The van der Waals surface area contributed by atoms with Crippen molar-refractivity contribution in [1.29, 1.82) is 0 Å². The van der Waals surface area contributed by atoms with Gasteiger partial charge in [0.2, 0.25) is 0 Å². The van der Waals surface area contributed by atoms with Crippen molar-refractivity contribution in [3.05, 3.63) is 35.6 Å². The highest BCUT2D eigenvalue weighted by Crippen LogP contribution is 2.34. The summed E-state index contributed by atoms with van der Waals surface area (Å²) in [6.07, 6.45) is 20.5. The zero-order chi connectivity index (χ0) is 34.8. The van der Waals surface area contributed by atoms with E-state index in [2.05, 4.69) is 76.8 Å². The number of hydrogen-bond acceptors (Lipinski definition) is 3. The number of likely N-dealkylation sites (tertiary alicyclic amines) is 1. The van der Waals surface area contributed by atoms with Gasteiger partial charge in [-0.05, 0) is 71.8 Å². The van der Waals surface area contributed by atoms with Crippen LogP contribution in [-0.4, -0.2) is 65.5 Å². The van der Waals surface area contributed by atoms with Crippen LogP contribution in [0.5, 0.6) is 0 Å². The van der Waals surface area contributed by atoms with Crippen molar-refractivity contribution in [2.24, 2.45) is 11.8 Å². The number of nitrogens with one attached hydrogen (secondary N) is 1. The maximum atomic E-state index is 13.2. The zero-order valence-corrected chi connectivity index (χ0v) is 31.7. The number of nitrogens with zero attached hydrogens (tertiary/aromatic N) is 2. The van der Waals surface area contributed by atoms with E-state index in [-0.39, 0.29) is 22.4 Å². The van der Waals surface area contributed by atoms with Crippen molar-refractivity contribution in [3.63, 3.8) is 0 Å². The number of piperidine rings is 1. The van der Waals surface area contributed by atoms with Gasteiger partial charge in [0.05, 0.1) is 12.6 Å². The normalized spacial score (nSPS) is 21.4. The fraction of sp³-hybridized carbons (Fsp3) is 0.757. The predicted molar refractivity (Wildman–Crippen MR) is 194 cm³/mol. The Morgan fingerprint density at radius 1 is 1.05 bits per heavy atom. The van der Waals surface area contributed by atoms with Crippen LogP contribution >= 0.6 is 11.6 Å². The molecule has 2 heterocycles. The highest BCUT2D eigenvalue weighted by molar-refractivity contribution is 6.22. The van der Waals surface area contributed by atoms with E-state index in [0.717, 1.165) is 57.4 Å². The molecule has 2 aliphatic heterocycles. The summed E-state index contributed by atoms with van der Waals surface area (Å²) < 4.78 is 9.50. The van der Waals surface area contributed by atoms with Crippen LogP contribution < -0.4 is 5.32 Å². The van der Waals surface area contributed by atoms with Gasteiger partial charge in [-0.15, -0.1) is 24.4 Å². The summed E-state index contributed by atoms with van der Waals surface area (Å²) in [5, 5.41) is 3.78. The van der Waals surface area contributed by atoms with Crippen LogP contribution in [0.2, 0.25) is 0 Å². The monoisotopic (exact) mass is 628 g/mol. The van der Waals surface area contributed by atoms with Crippen molar-refractivity contribution < 1.29 is 9.18 Å². The van der Waals surface area contributed by atoms with E-state index in [1.807, 2.05) is 72.4 Å². The molecule has 6 heteroatoms.